The van der Waals surface area contributed by atoms with Crippen molar-refractivity contribution in [2.45, 2.75) is 13.8 Å². The van der Waals surface area contributed by atoms with Crippen LogP contribution in [0.5, 0.6) is 0 Å². The summed E-state index contributed by atoms with van der Waals surface area (Å²) in [7, 11) is 0. The molecule has 5 nitrogen and oxygen atoms in total. The maximum atomic E-state index is 10.9. The van der Waals surface area contributed by atoms with Gasteiger partial charge in [-0.1, -0.05) is 17.7 Å². The molecule has 0 unspecified atom stereocenters. The number of nitrogens with one attached hydrogen (secondary N) is 1. The second-order valence-electron chi connectivity index (χ2n) is 4.07. The van der Waals surface area contributed by atoms with E-state index in [0.717, 1.165) is 16.8 Å². The van der Waals surface area contributed by atoms with Gasteiger partial charge in [-0.2, -0.15) is 0 Å². The Hall–Kier alpha value is -2.43. The number of pyridine rings is 1. The first-order valence-corrected chi connectivity index (χ1v) is 5.51. The summed E-state index contributed by atoms with van der Waals surface area (Å²) in [5, 5.41) is 13.9. The summed E-state index contributed by atoms with van der Waals surface area (Å²) in [5.41, 5.74) is 2.96. The molecule has 92 valence electrons. The Morgan fingerprint density at radius 3 is 2.72 bits per heavy atom. The summed E-state index contributed by atoms with van der Waals surface area (Å²) < 4.78 is 0. The molecule has 0 radical (unpaired) electrons. The van der Waals surface area contributed by atoms with Gasteiger partial charge in [0.25, 0.3) is 0 Å². The van der Waals surface area contributed by atoms with Gasteiger partial charge in [0.2, 0.25) is 5.82 Å². The van der Waals surface area contributed by atoms with Gasteiger partial charge in [0.1, 0.15) is 0 Å². The molecule has 5 heteroatoms. The molecular weight excluding hydrogens is 230 g/mol. The first-order chi connectivity index (χ1) is 8.58. The smallest absolute Gasteiger partial charge is 0.311 e. The van der Waals surface area contributed by atoms with Crippen molar-refractivity contribution in [1.82, 2.24) is 4.98 Å². The summed E-state index contributed by atoms with van der Waals surface area (Å²) in [4.78, 5) is 14.4. The van der Waals surface area contributed by atoms with Gasteiger partial charge in [0, 0.05) is 18.0 Å². The Labute approximate surface area is 105 Å². The van der Waals surface area contributed by atoms with Crippen molar-refractivity contribution in [3.05, 3.63) is 57.8 Å². The lowest BCUT2D eigenvalue weighted by Gasteiger charge is -2.09. The summed E-state index contributed by atoms with van der Waals surface area (Å²) in [5.74, 6) is 0.259. The molecule has 0 spiro atoms. The van der Waals surface area contributed by atoms with Crippen LogP contribution in [0.4, 0.5) is 17.2 Å². The van der Waals surface area contributed by atoms with E-state index >= 15 is 0 Å². The monoisotopic (exact) mass is 243 g/mol. The lowest BCUT2D eigenvalue weighted by Crippen LogP contribution is -2.00. The zero-order valence-corrected chi connectivity index (χ0v) is 10.2. The van der Waals surface area contributed by atoms with Crippen LogP contribution in [0.2, 0.25) is 0 Å². The third kappa shape index (κ3) is 2.45. The largest absolute Gasteiger partial charge is 0.334 e. The van der Waals surface area contributed by atoms with Gasteiger partial charge in [-0.15, -0.1) is 0 Å². The van der Waals surface area contributed by atoms with Crippen LogP contribution in [0.1, 0.15) is 11.1 Å². The first-order valence-electron chi connectivity index (χ1n) is 5.51. The van der Waals surface area contributed by atoms with E-state index in [1.54, 1.807) is 6.07 Å². The van der Waals surface area contributed by atoms with Crippen molar-refractivity contribution >= 4 is 17.2 Å². The molecule has 0 atom stereocenters. The van der Waals surface area contributed by atoms with Gasteiger partial charge in [-0.3, -0.25) is 10.1 Å². The lowest BCUT2D eigenvalue weighted by atomic mass is 10.1. The summed E-state index contributed by atoms with van der Waals surface area (Å²) in [6.45, 7) is 3.95. The normalized spacial score (nSPS) is 10.1. The number of rotatable bonds is 3. The Bertz CT molecular complexity index is 597. The Kier molecular flexibility index (Phi) is 3.23. The molecule has 0 aliphatic heterocycles. The molecular formula is C13H13N3O2. The molecule has 1 aromatic carbocycles. The second-order valence-corrected chi connectivity index (χ2v) is 4.07. The Balaban J connectivity index is 2.37. The lowest BCUT2D eigenvalue weighted by molar-refractivity contribution is -0.384. The van der Waals surface area contributed by atoms with Crippen LogP contribution in [0.15, 0.2) is 36.5 Å². The van der Waals surface area contributed by atoms with Crippen LogP contribution < -0.4 is 5.32 Å². The maximum absolute atomic E-state index is 10.9. The highest BCUT2D eigenvalue weighted by atomic mass is 16.6. The SMILES string of the molecule is Cc1ccc(Nc2ncccc2[N+](=O)[O-])c(C)c1. The number of aryl methyl sites for hydroxylation is 2. The summed E-state index contributed by atoms with van der Waals surface area (Å²) >= 11 is 0. The van der Waals surface area contributed by atoms with Crippen LogP contribution in [-0.2, 0) is 0 Å². The molecule has 2 aromatic rings. The highest BCUT2D eigenvalue weighted by Crippen LogP contribution is 2.26. The van der Waals surface area contributed by atoms with Gasteiger partial charge in [-0.05, 0) is 31.5 Å². The van der Waals surface area contributed by atoms with E-state index in [-0.39, 0.29) is 11.5 Å². The number of benzene rings is 1. The van der Waals surface area contributed by atoms with Gasteiger partial charge in [-0.25, -0.2) is 4.98 Å². The number of anilines is 2. The summed E-state index contributed by atoms with van der Waals surface area (Å²) in [6, 6.07) is 8.83. The minimum atomic E-state index is -0.446. The third-order valence-electron chi connectivity index (χ3n) is 2.62. The maximum Gasteiger partial charge on any atom is 0.311 e. The molecule has 1 aromatic heterocycles. The number of nitro groups is 1. The molecule has 0 bridgehead atoms. The minimum absolute atomic E-state index is 0.0301. The van der Waals surface area contributed by atoms with Crippen molar-refractivity contribution in [1.29, 1.82) is 0 Å². The summed E-state index contributed by atoms with van der Waals surface area (Å²) in [6.07, 6.45) is 1.53. The third-order valence-corrected chi connectivity index (χ3v) is 2.62. The number of nitrogens with zero attached hydrogens (tertiary/aromatic N) is 2. The highest BCUT2D eigenvalue weighted by Gasteiger charge is 2.14. The fourth-order valence-corrected chi connectivity index (χ4v) is 1.72. The van der Waals surface area contributed by atoms with E-state index in [0.29, 0.717) is 0 Å². The molecule has 0 amide bonds. The molecule has 1 N–H and O–H groups in total. The molecule has 0 fully saturated rings. The number of hydrogen-bond donors (Lipinski definition) is 1. The van der Waals surface area contributed by atoms with Gasteiger partial charge in [0.05, 0.1) is 4.92 Å². The predicted octanol–water partition coefficient (Wildman–Crippen LogP) is 3.35. The van der Waals surface area contributed by atoms with E-state index in [1.807, 2.05) is 32.0 Å². The first kappa shape index (κ1) is 12.0. The molecule has 2 rings (SSSR count). The highest BCUT2D eigenvalue weighted by molar-refractivity contribution is 5.67. The van der Waals surface area contributed by atoms with Crippen LogP contribution >= 0.6 is 0 Å². The Morgan fingerprint density at radius 2 is 2.06 bits per heavy atom. The second kappa shape index (κ2) is 4.83. The van der Waals surface area contributed by atoms with Crippen molar-refractivity contribution in [2.75, 3.05) is 5.32 Å². The quantitative estimate of drug-likeness (QED) is 0.663. The number of aromatic nitrogens is 1. The molecule has 0 saturated heterocycles. The minimum Gasteiger partial charge on any atom is -0.334 e. The molecule has 0 aliphatic rings. The fraction of sp³-hybridized carbons (Fsp3) is 0.154. The van der Waals surface area contributed by atoms with Crippen LogP contribution in [0, 0.1) is 24.0 Å². The van der Waals surface area contributed by atoms with Crippen molar-refractivity contribution in [3.63, 3.8) is 0 Å². The Morgan fingerprint density at radius 1 is 1.28 bits per heavy atom. The average molecular weight is 243 g/mol. The van der Waals surface area contributed by atoms with Crippen molar-refractivity contribution in [2.24, 2.45) is 0 Å². The molecule has 1 heterocycles. The van der Waals surface area contributed by atoms with Gasteiger partial charge < -0.3 is 5.32 Å². The molecule has 0 saturated carbocycles. The van der Waals surface area contributed by atoms with E-state index in [1.165, 1.54) is 12.3 Å². The van der Waals surface area contributed by atoms with E-state index in [9.17, 15) is 10.1 Å². The van der Waals surface area contributed by atoms with Gasteiger partial charge in [0.15, 0.2) is 0 Å². The van der Waals surface area contributed by atoms with Crippen LogP contribution in [-0.4, -0.2) is 9.91 Å². The van der Waals surface area contributed by atoms with Crippen molar-refractivity contribution in [3.8, 4) is 0 Å². The number of hydrogen-bond acceptors (Lipinski definition) is 4. The standard InChI is InChI=1S/C13H13N3O2/c1-9-5-6-11(10(2)8-9)15-13-12(16(17)18)4-3-7-14-13/h3-8H,1-2H3,(H,14,15). The zero-order valence-electron chi connectivity index (χ0n) is 10.2. The fourth-order valence-electron chi connectivity index (χ4n) is 1.72. The molecule has 0 aliphatic carbocycles. The van der Waals surface area contributed by atoms with E-state index in [2.05, 4.69) is 10.3 Å². The molecule has 18 heavy (non-hydrogen) atoms. The van der Waals surface area contributed by atoms with E-state index < -0.39 is 4.92 Å². The van der Waals surface area contributed by atoms with Crippen LogP contribution in [0.3, 0.4) is 0 Å². The van der Waals surface area contributed by atoms with E-state index in [4.69, 9.17) is 0 Å². The zero-order chi connectivity index (χ0) is 13.1. The topological polar surface area (TPSA) is 68.1 Å². The van der Waals surface area contributed by atoms with Crippen molar-refractivity contribution < 1.29 is 4.92 Å². The average Bonchev–Trinajstić information content (AvgIpc) is 2.33. The van der Waals surface area contributed by atoms with Gasteiger partial charge >= 0.3 is 5.69 Å². The predicted molar refractivity (Wildman–Crippen MR) is 70.1 cm³/mol. The van der Waals surface area contributed by atoms with Crippen LogP contribution in [0.25, 0.3) is 0 Å².